The van der Waals surface area contributed by atoms with Crippen molar-refractivity contribution in [3.8, 4) is 0 Å². The van der Waals surface area contributed by atoms with Crippen LogP contribution < -0.4 is 5.32 Å². The Balaban J connectivity index is 1.70. The number of hydrogen-bond donors (Lipinski definition) is 1. The van der Waals surface area contributed by atoms with Gasteiger partial charge < -0.3 is 10.2 Å². The number of nitrogens with one attached hydrogen (secondary N) is 1. The number of hydrogen-bond acceptors (Lipinski definition) is 2. The highest BCUT2D eigenvalue weighted by atomic mass is 15.1. The summed E-state index contributed by atoms with van der Waals surface area (Å²) in [5.41, 5.74) is 3.09. The molecule has 1 aliphatic rings. The minimum absolute atomic E-state index is 0.604. The molecule has 1 aliphatic carbocycles. The molecular formula is C19H32N2. The van der Waals surface area contributed by atoms with Crippen LogP contribution in [-0.4, -0.2) is 30.6 Å². The topological polar surface area (TPSA) is 15.3 Å². The van der Waals surface area contributed by atoms with E-state index in [1.165, 1.54) is 50.9 Å². The second-order valence-corrected chi connectivity index (χ2v) is 6.42. The van der Waals surface area contributed by atoms with Crippen molar-refractivity contribution in [3.05, 3.63) is 35.4 Å². The van der Waals surface area contributed by atoms with Gasteiger partial charge in [-0.1, -0.05) is 38.1 Å². The zero-order valence-corrected chi connectivity index (χ0v) is 14.1. The minimum atomic E-state index is 0.604. The van der Waals surface area contributed by atoms with E-state index in [2.05, 4.69) is 55.3 Å². The van der Waals surface area contributed by atoms with Gasteiger partial charge in [-0.25, -0.2) is 0 Å². The predicted octanol–water partition coefficient (Wildman–Crippen LogP) is 4.16. The van der Waals surface area contributed by atoms with Gasteiger partial charge in [0.25, 0.3) is 0 Å². The summed E-state index contributed by atoms with van der Waals surface area (Å²) in [6, 6.07) is 9.58. The maximum absolute atomic E-state index is 3.71. The van der Waals surface area contributed by atoms with E-state index in [-0.39, 0.29) is 0 Å². The first kappa shape index (κ1) is 16.5. The van der Waals surface area contributed by atoms with Gasteiger partial charge in [-0.2, -0.15) is 0 Å². The summed E-state index contributed by atoms with van der Waals surface area (Å²) in [6.45, 7) is 11.4. The molecule has 1 N–H and O–H groups in total. The van der Waals surface area contributed by atoms with Crippen LogP contribution in [0.1, 0.15) is 63.5 Å². The van der Waals surface area contributed by atoms with Crippen molar-refractivity contribution in [2.75, 3.05) is 19.6 Å². The van der Waals surface area contributed by atoms with Crippen molar-refractivity contribution >= 4 is 0 Å². The standard InChI is InChI=1S/C19H32N2/c1-4-21(5-2)14-8-9-16(3)20-15-18-10-6-7-11-19(18)17-12-13-17/h6-7,10-11,16-17,20H,4-5,8-9,12-15H2,1-3H3. The lowest BCUT2D eigenvalue weighted by molar-refractivity contribution is 0.290. The van der Waals surface area contributed by atoms with Crippen LogP contribution in [0.5, 0.6) is 0 Å². The fourth-order valence-corrected chi connectivity index (χ4v) is 3.03. The number of benzene rings is 1. The Morgan fingerprint density at radius 3 is 2.57 bits per heavy atom. The molecule has 0 saturated heterocycles. The number of rotatable bonds is 10. The molecule has 1 aromatic rings. The molecule has 0 amide bonds. The van der Waals surface area contributed by atoms with Crippen LogP contribution in [0.25, 0.3) is 0 Å². The van der Waals surface area contributed by atoms with E-state index in [1.54, 1.807) is 5.56 Å². The van der Waals surface area contributed by atoms with Gasteiger partial charge in [-0.3, -0.25) is 0 Å². The Kier molecular flexibility index (Phi) is 6.72. The Morgan fingerprint density at radius 1 is 1.19 bits per heavy atom. The van der Waals surface area contributed by atoms with Gasteiger partial charge in [0.15, 0.2) is 0 Å². The third-order valence-corrected chi connectivity index (χ3v) is 4.72. The van der Waals surface area contributed by atoms with Crippen LogP contribution in [-0.2, 0) is 6.54 Å². The molecule has 0 bridgehead atoms. The van der Waals surface area contributed by atoms with Gasteiger partial charge in [0, 0.05) is 12.6 Å². The second kappa shape index (κ2) is 8.55. The van der Waals surface area contributed by atoms with E-state index >= 15 is 0 Å². The fraction of sp³-hybridized carbons (Fsp3) is 0.684. The first-order valence-electron chi connectivity index (χ1n) is 8.78. The molecule has 0 heterocycles. The molecular weight excluding hydrogens is 256 g/mol. The van der Waals surface area contributed by atoms with E-state index in [9.17, 15) is 0 Å². The summed E-state index contributed by atoms with van der Waals surface area (Å²) in [6.07, 6.45) is 5.33. The average Bonchev–Trinajstić information content (AvgIpc) is 3.34. The maximum atomic E-state index is 3.71. The van der Waals surface area contributed by atoms with Gasteiger partial charge in [-0.05, 0) is 69.3 Å². The first-order chi connectivity index (χ1) is 10.2. The maximum Gasteiger partial charge on any atom is 0.0210 e. The smallest absolute Gasteiger partial charge is 0.0210 e. The molecule has 0 radical (unpaired) electrons. The largest absolute Gasteiger partial charge is 0.310 e. The third-order valence-electron chi connectivity index (χ3n) is 4.72. The van der Waals surface area contributed by atoms with Crippen LogP contribution in [0.2, 0.25) is 0 Å². The quantitative estimate of drug-likeness (QED) is 0.695. The van der Waals surface area contributed by atoms with Gasteiger partial charge in [-0.15, -0.1) is 0 Å². The lowest BCUT2D eigenvalue weighted by Crippen LogP contribution is -2.29. The SMILES string of the molecule is CCN(CC)CCCC(C)NCc1ccccc1C1CC1. The highest BCUT2D eigenvalue weighted by molar-refractivity contribution is 5.33. The zero-order valence-electron chi connectivity index (χ0n) is 14.1. The molecule has 118 valence electrons. The highest BCUT2D eigenvalue weighted by Crippen LogP contribution is 2.41. The molecule has 2 nitrogen and oxygen atoms in total. The Hall–Kier alpha value is -0.860. The summed E-state index contributed by atoms with van der Waals surface area (Å²) in [4.78, 5) is 2.51. The molecule has 0 spiro atoms. The van der Waals surface area contributed by atoms with Crippen molar-refractivity contribution in [1.82, 2.24) is 10.2 Å². The highest BCUT2D eigenvalue weighted by Gasteiger charge is 2.25. The van der Waals surface area contributed by atoms with Crippen LogP contribution >= 0.6 is 0 Å². The van der Waals surface area contributed by atoms with Gasteiger partial charge in [0.05, 0.1) is 0 Å². The van der Waals surface area contributed by atoms with Crippen molar-refractivity contribution < 1.29 is 0 Å². The van der Waals surface area contributed by atoms with Crippen LogP contribution in [0.15, 0.2) is 24.3 Å². The summed E-state index contributed by atoms with van der Waals surface area (Å²) in [5, 5.41) is 3.71. The lowest BCUT2D eigenvalue weighted by atomic mass is 10.0. The monoisotopic (exact) mass is 288 g/mol. The Bertz CT molecular complexity index is 408. The molecule has 21 heavy (non-hydrogen) atoms. The van der Waals surface area contributed by atoms with Crippen molar-refractivity contribution in [1.29, 1.82) is 0 Å². The van der Waals surface area contributed by atoms with E-state index < -0.39 is 0 Å². The van der Waals surface area contributed by atoms with E-state index in [0.717, 1.165) is 12.5 Å². The molecule has 1 aromatic carbocycles. The molecule has 2 rings (SSSR count). The predicted molar refractivity (Wildman–Crippen MR) is 91.7 cm³/mol. The summed E-state index contributed by atoms with van der Waals surface area (Å²) >= 11 is 0. The fourth-order valence-electron chi connectivity index (χ4n) is 3.03. The Morgan fingerprint density at radius 2 is 1.90 bits per heavy atom. The molecule has 1 saturated carbocycles. The van der Waals surface area contributed by atoms with Gasteiger partial charge >= 0.3 is 0 Å². The van der Waals surface area contributed by atoms with Crippen molar-refractivity contribution in [2.45, 2.75) is 65.0 Å². The lowest BCUT2D eigenvalue weighted by Gasteiger charge is -2.20. The third kappa shape index (κ3) is 5.44. The average molecular weight is 288 g/mol. The second-order valence-electron chi connectivity index (χ2n) is 6.42. The van der Waals surface area contributed by atoms with Gasteiger partial charge in [0.2, 0.25) is 0 Å². The summed E-state index contributed by atoms with van der Waals surface area (Å²) in [5.74, 6) is 0.848. The normalized spacial score (nSPS) is 16.4. The van der Waals surface area contributed by atoms with Crippen molar-refractivity contribution in [3.63, 3.8) is 0 Å². The molecule has 1 fully saturated rings. The summed E-state index contributed by atoms with van der Waals surface area (Å²) < 4.78 is 0. The van der Waals surface area contributed by atoms with Crippen molar-refractivity contribution in [2.24, 2.45) is 0 Å². The van der Waals surface area contributed by atoms with E-state index in [0.29, 0.717) is 6.04 Å². The van der Waals surface area contributed by atoms with Gasteiger partial charge in [0.1, 0.15) is 0 Å². The first-order valence-corrected chi connectivity index (χ1v) is 8.78. The number of nitrogens with zero attached hydrogens (tertiary/aromatic N) is 1. The van der Waals surface area contributed by atoms with Crippen LogP contribution in [0.4, 0.5) is 0 Å². The molecule has 2 heteroatoms. The minimum Gasteiger partial charge on any atom is -0.310 e. The zero-order chi connectivity index (χ0) is 15.1. The molecule has 0 aliphatic heterocycles. The van der Waals surface area contributed by atoms with Crippen LogP contribution in [0.3, 0.4) is 0 Å². The molecule has 1 atom stereocenters. The Labute approximate surface area is 130 Å². The molecule has 0 aromatic heterocycles. The summed E-state index contributed by atoms with van der Waals surface area (Å²) in [7, 11) is 0. The van der Waals surface area contributed by atoms with Crippen LogP contribution in [0, 0.1) is 0 Å². The molecule has 1 unspecified atom stereocenters. The van der Waals surface area contributed by atoms with E-state index in [4.69, 9.17) is 0 Å². The van der Waals surface area contributed by atoms with E-state index in [1.807, 2.05) is 0 Å².